The van der Waals surface area contributed by atoms with Gasteiger partial charge in [0.2, 0.25) is 5.91 Å². The molecule has 1 aromatic heterocycles. The number of H-pyrrole nitrogens is 1. The van der Waals surface area contributed by atoms with Crippen LogP contribution in [0.25, 0.3) is 10.8 Å². The number of pyridine rings is 1. The van der Waals surface area contributed by atoms with Gasteiger partial charge in [-0.2, -0.15) is 0 Å². The van der Waals surface area contributed by atoms with Crippen molar-refractivity contribution in [2.45, 2.75) is 13.5 Å². The van der Waals surface area contributed by atoms with Gasteiger partial charge in [0.25, 0.3) is 5.56 Å². The van der Waals surface area contributed by atoms with Crippen LogP contribution in [0.3, 0.4) is 0 Å². The molecule has 1 heterocycles. The van der Waals surface area contributed by atoms with Crippen LogP contribution in [0.1, 0.15) is 12.5 Å². The highest BCUT2D eigenvalue weighted by Gasteiger charge is 2.13. The second kappa shape index (κ2) is 7.17. The van der Waals surface area contributed by atoms with Crippen LogP contribution < -0.4 is 15.6 Å². The standard InChI is InChI=1S/C18H14Cl2N2O3/c1-10(23)22-15-6-5-14(19)13(17(15)20)9-25-16-4-2-3-12-11(16)7-8-21-18(12)24/h2-8H,9H2,1H3,(H,21,24)(H,22,23). The third-order valence-electron chi connectivity index (χ3n) is 3.64. The molecule has 3 aromatic rings. The molecular weight excluding hydrogens is 363 g/mol. The van der Waals surface area contributed by atoms with Gasteiger partial charge in [0.15, 0.2) is 0 Å². The number of nitrogens with one attached hydrogen (secondary N) is 2. The van der Waals surface area contributed by atoms with Gasteiger partial charge in [-0.1, -0.05) is 29.3 Å². The normalized spacial score (nSPS) is 10.7. The molecule has 0 fully saturated rings. The Hall–Kier alpha value is -2.50. The van der Waals surface area contributed by atoms with Crippen molar-refractivity contribution in [1.82, 2.24) is 4.98 Å². The van der Waals surface area contributed by atoms with Crippen LogP contribution >= 0.6 is 23.2 Å². The Morgan fingerprint density at radius 2 is 1.96 bits per heavy atom. The van der Waals surface area contributed by atoms with E-state index < -0.39 is 0 Å². The Balaban J connectivity index is 1.93. The van der Waals surface area contributed by atoms with Crippen molar-refractivity contribution < 1.29 is 9.53 Å². The number of hydrogen-bond donors (Lipinski definition) is 2. The molecule has 0 bridgehead atoms. The van der Waals surface area contributed by atoms with Crippen molar-refractivity contribution in [3.05, 3.63) is 68.6 Å². The third kappa shape index (κ3) is 3.62. The first-order valence-corrected chi connectivity index (χ1v) is 8.20. The molecule has 0 spiro atoms. The van der Waals surface area contributed by atoms with E-state index in [-0.39, 0.29) is 18.1 Å². The third-order valence-corrected chi connectivity index (χ3v) is 4.43. The van der Waals surface area contributed by atoms with Crippen LogP contribution in [-0.2, 0) is 11.4 Å². The number of aromatic nitrogens is 1. The second-order valence-electron chi connectivity index (χ2n) is 5.38. The zero-order valence-electron chi connectivity index (χ0n) is 13.2. The van der Waals surface area contributed by atoms with E-state index in [1.807, 2.05) is 0 Å². The van der Waals surface area contributed by atoms with E-state index in [1.165, 1.54) is 6.92 Å². The summed E-state index contributed by atoms with van der Waals surface area (Å²) in [4.78, 5) is 25.7. The molecule has 0 radical (unpaired) electrons. The fraction of sp³-hybridized carbons (Fsp3) is 0.111. The van der Waals surface area contributed by atoms with E-state index in [0.29, 0.717) is 37.8 Å². The summed E-state index contributed by atoms with van der Waals surface area (Å²) in [5.74, 6) is 0.310. The molecule has 2 N–H and O–H groups in total. The van der Waals surface area contributed by atoms with Crippen molar-refractivity contribution in [2.75, 3.05) is 5.32 Å². The Bertz CT molecular complexity index is 1010. The van der Waals surface area contributed by atoms with Crippen LogP contribution in [0.4, 0.5) is 5.69 Å². The highest BCUT2D eigenvalue weighted by atomic mass is 35.5. The number of carbonyl (C=O) groups is 1. The molecule has 0 saturated heterocycles. The summed E-state index contributed by atoms with van der Waals surface area (Å²) in [6, 6.07) is 10.3. The molecule has 0 aliphatic carbocycles. The number of ether oxygens (including phenoxy) is 1. The van der Waals surface area contributed by atoms with Gasteiger partial charge in [0, 0.05) is 29.1 Å². The fourth-order valence-corrected chi connectivity index (χ4v) is 3.01. The van der Waals surface area contributed by atoms with Crippen LogP contribution in [0.2, 0.25) is 10.0 Å². The summed E-state index contributed by atoms with van der Waals surface area (Å²) in [5.41, 5.74) is 0.828. The number of rotatable bonds is 4. The molecule has 128 valence electrons. The molecule has 1 amide bonds. The van der Waals surface area contributed by atoms with Gasteiger partial charge in [0.1, 0.15) is 12.4 Å². The number of hydrogen-bond acceptors (Lipinski definition) is 3. The Morgan fingerprint density at radius 1 is 1.16 bits per heavy atom. The van der Waals surface area contributed by atoms with Gasteiger partial charge in [-0.15, -0.1) is 0 Å². The maximum absolute atomic E-state index is 11.9. The van der Waals surface area contributed by atoms with Gasteiger partial charge < -0.3 is 15.0 Å². The maximum atomic E-state index is 11.9. The summed E-state index contributed by atoms with van der Waals surface area (Å²) >= 11 is 12.5. The summed E-state index contributed by atoms with van der Waals surface area (Å²) in [5, 5.41) is 4.62. The lowest BCUT2D eigenvalue weighted by Crippen LogP contribution is -2.08. The second-order valence-corrected chi connectivity index (χ2v) is 6.17. The molecule has 0 aliphatic rings. The Labute approximate surface area is 153 Å². The van der Waals surface area contributed by atoms with Crippen LogP contribution in [0.15, 0.2) is 47.4 Å². The van der Waals surface area contributed by atoms with Crippen LogP contribution in [-0.4, -0.2) is 10.9 Å². The van der Waals surface area contributed by atoms with Crippen molar-refractivity contribution in [3.8, 4) is 5.75 Å². The van der Waals surface area contributed by atoms with Crippen LogP contribution in [0.5, 0.6) is 5.75 Å². The zero-order chi connectivity index (χ0) is 18.0. The van der Waals surface area contributed by atoms with Crippen molar-refractivity contribution in [1.29, 1.82) is 0 Å². The number of aromatic amines is 1. The predicted octanol–water partition coefficient (Wildman–Crippen LogP) is 4.37. The minimum absolute atomic E-state index is 0.0942. The summed E-state index contributed by atoms with van der Waals surface area (Å²) in [6.07, 6.45) is 1.56. The maximum Gasteiger partial charge on any atom is 0.255 e. The van der Waals surface area contributed by atoms with E-state index in [2.05, 4.69) is 10.3 Å². The van der Waals surface area contributed by atoms with Gasteiger partial charge in [-0.25, -0.2) is 0 Å². The number of carbonyl (C=O) groups excluding carboxylic acids is 1. The Kier molecular flexibility index (Phi) is 4.97. The first-order valence-electron chi connectivity index (χ1n) is 7.45. The lowest BCUT2D eigenvalue weighted by atomic mass is 10.1. The van der Waals surface area contributed by atoms with E-state index in [0.717, 1.165) is 0 Å². The smallest absolute Gasteiger partial charge is 0.255 e. The molecule has 0 atom stereocenters. The van der Waals surface area contributed by atoms with Gasteiger partial charge in [0.05, 0.1) is 16.1 Å². The molecule has 2 aromatic carbocycles. The average Bonchev–Trinajstić information content (AvgIpc) is 2.58. The minimum Gasteiger partial charge on any atom is -0.488 e. The number of halogens is 2. The Morgan fingerprint density at radius 3 is 2.72 bits per heavy atom. The van der Waals surface area contributed by atoms with E-state index in [1.54, 1.807) is 42.6 Å². The summed E-state index contributed by atoms with van der Waals surface area (Å²) < 4.78 is 5.85. The highest BCUT2D eigenvalue weighted by Crippen LogP contribution is 2.33. The predicted molar refractivity (Wildman–Crippen MR) is 99.7 cm³/mol. The topological polar surface area (TPSA) is 71.2 Å². The molecule has 7 heteroatoms. The summed E-state index contributed by atoms with van der Waals surface area (Å²) in [7, 11) is 0. The zero-order valence-corrected chi connectivity index (χ0v) is 14.7. The van der Waals surface area contributed by atoms with Crippen molar-refractivity contribution >= 4 is 45.6 Å². The van der Waals surface area contributed by atoms with Crippen molar-refractivity contribution in [3.63, 3.8) is 0 Å². The fourth-order valence-electron chi connectivity index (χ4n) is 2.48. The average molecular weight is 377 g/mol. The highest BCUT2D eigenvalue weighted by molar-refractivity contribution is 6.38. The van der Waals surface area contributed by atoms with E-state index in [4.69, 9.17) is 27.9 Å². The molecular formula is C18H14Cl2N2O3. The number of fused-ring (bicyclic) bond motifs is 1. The van der Waals surface area contributed by atoms with Gasteiger partial charge >= 0.3 is 0 Å². The molecule has 0 unspecified atom stereocenters. The van der Waals surface area contributed by atoms with E-state index in [9.17, 15) is 9.59 Å². The monoisotopic (exact) mass is 376 g/mol. The first-order chi connectivity index (χ1) is 12.0. The quantitative estimate of drug-likeness (QED) is 0.709. The molecule has 5 nitrogen and oxygen atoms in total. The lowest BCUT2D eigenvalue weighted by molar-refractivity contribution is -0.114. The molecule has 25 heavy (non-hydrogen) atoms. The summed E-state index contributed by atoms with van der Waals surface area (Å²) in [6.45, 7) is 1.49. The SMILES string of the molecule is CC(=O)Nc1ccc(Cl)c(COc2cccc3c(=O)[nH]ccc23)c1Cl. The minimum atomic E-state index is -0.232. The largest absolute Gasteiger partial charge is 0.488 e. The number of benzene rings is 2. The molecule has 3 rings (SSSR count). The molecule has 0 saturated carbocycles. The number of anilines is 1. The van der Waals surface area contributed by atoms with E-state index >= 15 is 0 Å². The number of amides is 1. The molecule has 0 aliphatic heterocycles. The lowest BCUT2D eigenvalue weighted by Gasteiger charge is -2.14. The van der Waals surface area contributed by atoms with Gasteiger partial charge in [-0.05, 0) is 30.3 Å². The first kappa shape index (κ1) is 17.3. The van der Waals surface area contributed by atoms with Crippen LogP contribution in [0, 0.1) is 0 Å². The van der Waals surface area contributed by atoms with Crippen molar-refractivity contribution in [2.24, 2.45) is 0 Å². The van der Waals surface area contributed by atoms with Gasteiger partial charge in [-0.3, -0.25) is 9.59 Å².